The largest absolute Gasteiger partial charge is 0.370 e. The van der Waals surface area contributed by atoms with Crippen LogP contribution in [0.1, 0.15) is 24.1 Å². The van der Waals surface area contributed by atoms with Crippen molar-refractivity contribution in [3.63, 3.8) is 0 Å². The number of halogens is 1. The number of nitrogens with zero attached hydrogens (tertiary/aromatic N) is 1. The van der Waals surface area contributed by atoms with Gasteiger partial charge >= 0.3 is 0 Å². The summed E-state index contributed by atoms with van der Waals surface area (Å²) < 4.78 is 13.9. The van der Waals surface area contributed by atoms with Gasteiger partial charge in [-0.25, -0.2) is 4.39 Å². The number of hydrogen-bond acceptors (Lipinski definition) is 2. The molecule has 0 amide bonds. The van der Waals surface area contributed by atoms with Crippen molar-refractivity contribution in [2.45, 2.75) is 19.9 Å². The van der Waals surface area contributed by atoms with Crippen molar-refractivity contribution >= 4 is 5.69 Å². The van der Waals surface area contributed by atoms with E-state index in [1.165, 1.54) is 17.2 Å². The first kappa shape index (κ1) is 15.5. The third kappa shape index (κ3) is 3.82. The monoisotopic (exact) mass is 286 g/mol. The minimum atomic E-state index is -0.181. The lowest BCUT2D eigenvalue weighted by molar-refractivity contribution is 0.541. The molecular formula is C18H23FN2. The molecule has 112 valence electrons. The van der Waals surface area contributed by atoms with Crippen LogP contribution in [0.4, 0.5) is 10.1 Å². The molecule has 0 heterocycles. The van der Waals surface area contributed by atoms with Crippen LogP contribution in [0.3, 0.4) is 0 Å². The number of para-hydroxylation sites is 1. The zero-order chi connectivity index (χ0) is 15.2. The molecule has 0 aromatic heterocycles. The van der Waals surface area contributed by atoms with Gasteiger partial charge in [0.05, 0.1) is 11.7 Å². The van der Waals surface area contributed by atoms with Gasteiger partial charge in [-0.2, -0.15) is 0 Å². The normalized spacial score (nSPS) is 12.2. The van der Waals surface area contributed by atoms with E-state index in [9.17, 15) is 4.39 Å². The van der Waals surface area contributed by atoms with Crippen LogP contribution < -0.4 is 10.2 Å². The zero-order valence-corrected chi connectivity index (χ0v) is 12.9. The van der Waals surface area contributed by atoms with Gasteiger partial charge < -0.3 is 10.2 Å². The summed E-state index contributed by atoms with van der Waals surface area (Å²) >= 11 is 0. The summed E-state index contributed by atoms with van der Waals surface area (Å²) in [6, 6.07) is 15.4. The van der Waals surface area contributed by atoms with E-state index in [2.05, 4.69) is 37.4 Å². The van der Waals surface area contributed by atoms with Gasteiger partial charge in [0.25, 0.3) is 0 Å². The molecule has 1 atom stereocenters. The van der Waals surface area contributed by atoms with E-state index in [4.69, 9.17) is 0 Å². The van der Waals surface area contributed by atoms with E-state index in [0.29, 0.717) is 5.69 Å². The van der Waals surface area contributed by atoms with Crippen molar-refractivity contribution in [2.75, 3.05) is 25.0 Å². The van der Waals surface area contributed by atoms with E-state index in [1.54, 1.807) is 6.07 Å². The first-order valence-electron chi connectivity index (χ1n) is 7.38. The minimum Gasteiger partial charge on any atom is -0.370 e. The molecule has 1 N–H and O–H groups in total. The molecule has 0 saturated carbocycles. The van der Waals surface area contributed by atoms with Crippen LogP contribution >= 0.6 is 0 Å². The Balaban J connectivity index is 2.21. The Bertz CT molecular complexity index is 583. The minimum absolute atomic E-state index is 0.181. The Hall–Kier alpha value is -1.87. The summed E-state index contributed by atoms with van der Waals surface area (Å²) in [5, 5.41) is 3.50. The number of likely N-dealkylation sites (N-methyl/N-ethyl adjacent to an activating group) is 2. The Morgan fingerprint density at radius 2 is 1.76 bits per heavy atom. The molecule has 1 unspecified atom stereocenters. The van der Waals surface area contributed by atoms with E-state index < -0.39 is 0 Å². The molecule has 0 spiro atoms. The van der Waals surface area contributed by atoms with Gasteiger partial charge in [-0.15, -0.1) is 0 Å². The summed E-state index contributed by atoms with van der Waals surface area (Å²) in [5.41, 5.74) is 3.15. The first-order chi connectivity index (χ1) is 10.1. The molecule has 0 radical (unpaired) electrons. The van der Waals surface area contributed by atoms with Crippen LogP contribution in [0.15, 0.2) is 48.5 Å². The molecule has 0 aliphatic rings. The SMILES string of the molecule is CCNC(CN(C)c1ccccc1F)c1ccccc1C. The molecular weight excluding hydrogens is 263 g/mol. The highest BCUT2D eigenvalue weighted by atomic mass is 19.1. The highest BCUT2D eigenvalue weighted by Gasteiger charge is 2.16. The Kier molecular flexibility index (Phi) is 5.34. The second kappa shape index (κ2) is 7.23. The van der Waals surface area contributed by atoms with Crippen molar-refractivity contribution in [1.82, 2.24) is 5.32 Å². The number of rotatable bonds is 6. The zero-order valence-electron chi connectivity index (χ0n) is 12.9. The van der Waals surface area contributed by atoms with E-state index in [0.717, 1.165) is 13.1 Å². The van der Waals surface area contributed by atoms with Crippen LogP contribution in [-0.2, 0) is 0 Å². The highest BCUT2D eigenvalue weighted by molar-refractivity contribution is 5.47. The van der Waals surface area contributed by atoms with Crippen LogP contribution in [0, 0.1) is 12.7 Å². The maximum atomic E-state index is 13.9. The fraction of sp³-hybridized carbons (Fsp3) is 0.333. The fourth-order valence-corrected chi connectivity index (χ4v) is 2.63. The molecule has 0 saturated heterocycles. The average molecular weight is 286 g/mol. The lowest BCUT2D eigenvalue weighted by Gasteiger charge is -2.28. The summed E-state index contributed by atoms with van der Waals surface area (Å²) in [7, 11) is 1.93. The fourth-order valence-electron chi connectivity index (χ4n) is 2.63. The molecule has 21 heavy (non-hydrogen) atoms. The van der Waals surface area contributed by atoms with Crippen molar-refractivity contribution in [3.8, 4) is 0 Å². The molecule has 2 nitrogen and oxygen atoms in total. The summed E-state index contributed by atoms with van der Waals surface area (Å²) in [4.78, 5) is 1.97. The summed E-state index contributed by atoms with van der Waals surface area (Å²) in [5.74, 6) is -0.181. The van der Waals surface area contributed by atoms with E-state index >= 15 is 0 Å². The Labute approximate surface area is 126 Å². The second-order valence-electron chi connectivity index (χ2n) is 5.30. The lowest BCUT2D eigenvalue weighted by atomic mass is 10.0. The van der Waals surface area contributed by atoms with Gasteiger partial charge in [0.2, 0.25) is 0 Å². The number of hydrogen-bond donors (Lipinski definition) is 1. The van der Waals surface area contributed by atoms with Gasteiger partial charge in [-0.1, -0.05) is 43.3 Å². The van der Waals surface area contributed by atoms with Gasteiger partial charge in [0, 0.05) is 13.6 Å². The van der Waals surface area contributed by atoms with Gasteiger partial charge in [0.15, 0.2) is 0 Å². The predicted octanol–water partition coefficient (Wildman–Crippen LogP) is 3.92. The maximum Gasteiger partial charge on any atom is 0.146 e. The number of aryl methyl sites for hydroxylation is 1. The van der Waals surface area contributed by atoms with Crippen LogP contribution in [0.2, 0.25) is 0 Å². The number of nitrogens with one attached hydrogen (secondary N) is 1. The third-order valence-corrected chi connectivity index (χ3v) is 3.73. The van der Waals surface area contributed by atoms with Gasteiger partial charge in [0.1, 0.15) is 5.82 Å². The summed E-state index contributed by atoms with van der Waals surface area (Å²) in [6.45, 7) is 5.81. The second-order valence-corrected chi connectivity index (χ2v) is 5.30. The van der Waals surface area contributed by atoms with Crippen LogP contribution in [0.5, 0.6) is 0 Å². The summed E-state index contributed by atoms with van der Waals surface area (Å²) in [6.07, 6.45) is 0. The van der Waals surface area contributed by atoms with Gasteiger partial charge in [-0.05, 0) is 36.7 Å². The van der Waals surface area contributed by atoms with Crippen molar-refractivity contribution in [1.29, 1.82) is 0 Å². The van der Waals surface area contributed by atoms with Crippen molar-refractivity contribution in [2.24, 2.45) is 0 Å². The Morgan fingerprint density at radius 1 is 1.10 bits per heavy atom. The number of benzene rings is 2. The molecule has 0 fully saturated rings. The van der Waals surface area contributed by atoms with Crippen LogP contribution in [0.25, 0.3) is 0 Å². The Morgan fingerprint density at radius 3 is 2.43 bits per heavy atom. The molecule has 2 rings (SSSR count). The molecule has 0 aliphatic carbocycles. The van der Waals surface area contributed by atoms with Crippen molar-refractivity contribution < 1.29 is 4.39 Å². The lowest BCUT2D eigenvalue weighted by Crippen LogP contribution is -2.33. The molecule has 3 heteroatoms. The molecule has 0 bridgehead atoms. The standard InChI is InChI=1S/C18H23FN2/c1-4-20-17(15-10-6-5-9-14(15)2)13-21(3)18-12-8-7-11-16(18)19/h5-12,17,20H,4,13H2,1-3H3. The van der Waals surface area contributed by atoms with Crippen molar-refractivity contribution in [3.05, 3.63) is 65.5 Å². The number of anilines is 1. The molecule has 2 aromatic carbocycles. The average Bonchev–Trinajstić information content (AvgIpc) is 2.47. The maximum absolute atomic E-state index is 13.9. The van der Waals surface area contributed by atoms with E-state index in [-0.39, 0.29) is 11.9 Å². The smallest absolute Gasteiger partial charge is 0.146 e. The topological polar surface area (TPSA) is 15.3 Å². The first-order valence-corrected chi connectivity index (χ1v) is 7.38. The molecule has 0 aliphatic heterocycles. The highest BCUT2D eigenvalue weighted by Crippen LogP contribution is 2.23. The predicted molar refractivity (Wildman–Crippen MR) is 87.3 cm³/mol. The quantitative estimate of drug-likeness (QED) is 0.866. The van der Waals surface area contributed by atoms with Crippen LogP contribution in [-0.4, -0.2) is 20.1 Å². The molecule has 2 aromatic rings. The van der Waals surface area contributed by atoms with Gasteiger partial charge in [-0.3, -0.25) is 0 Å². The third-order valence-electron chi connectivity index (χ3n) is 3.73. The van der Waals surface area contributed by atoms with E-state index in [1.807, 2.05) is 30.1 Å².